The Morgan fingerprint density at radius 3 is 2.29 bits per heavy atom. The van der Waals surface area contributed by atoms with Crippen molar-refractivity contribution in [1.82, 2.24) is 4.90 Å². The maximum atomic E-state index is 6.02. The summed E-state index contributed by atoms with van der Waals surface area (Å²) < 4.78 is 10.8. The first kappa shape index (κ1) is 14.1. The predicted molar refractivity (Wildman–Crippen MR) is 71.4 cm³/mol. The quantitative estimate of drug-likeness (QED) is 0.757. The molecule has 0 aliphatic heterocycles. The third kappa shape index (κ3) is 2.85. The van der Waals surface area contributed by atoms with Crippen LogP contribution in [0.4, 0.5) is 0 Å². The molecule has 96 valence electrons. The smallest absolute Gasteiger partial charge is 0.130 e. The fourth-order valence-corrected chi connectivity index (χ4v) is 2.39. The molecule has 0 amide bonds. The summed E-state index contributed by atoms with van der Waals surface area (Å²) >= 11 is 6.02. The van der Waals surface area contributed by atoms with Crippen LogP contribution < -0.4 is 9.47 Å². The summed E-state index contributed by atoms with van der Waals surface area (Å²) in [6.45, 7) is 1.99. The number of halogens is 1. The highest BCUT2D eigenvalue weighted by atomic mass is 35.5. The van der Waals surface area contributed by atoms with E-state index in [2.05, 4.69) is 4.90 Å². The van der Waals surface area contributed by atoms with Gasteiger partial charge >= 0.3 is 0 Å². The molecule has 1 atom stereocenters. The zero-order chi connectivity index (χ0) is 13.0. The fourth-order valence-electron chi connectivity index (χ4n) is 1.95. The molecule has 0 aromatic heterocycles. The predicted octanol–water partition coefficient (Wildman–Crippen LogP) is 2.85. The Kier molecular flexibility index (Phi) is 5.09. The summed E-state index contributed by atoms with van der Waals surface area (Å²) in [7, 11) is 7.34. The van der Waals surface area contributed by atoms with Gasteiger partial charge in [-0.1, -0.05) is 0 Å². The minimum Gasteiger partial charge on any atom is -0.496 e. The van der Waals surface area contributed by atoms with Crippen LogP contribution in [0.15, 0.2) is 12.1 Å². The first-order chi connectivity index (χ1) is 8.06. The second-order valence-corrected chi connectivity index (χ2v) is 4.46. The number of methoxy groups -OCH3 is 2. The van der Waals surface area contributed by atoms with Gasteiger partial charge in [0.2, 0.25) is 0 Å². The zero-order valence-electron chi connectivity index (χ0n) is 11.1. The SMILES string of the molecule is COc1ccc(C(CCl)N(C)C)c(OC)c1C. The zero-order valence-corrected chi connectivity index (χ0v) is 11.8. The molecule has 17 heavy (non-hydrogen) atoms. The summed E-state index contributed by atoms with van der Waals surface area (Å²) in [5.41, 5.74) is 2.09. The van der Waals surface area contributed by atoms with Crippen LogP contribution in [0.1, 0.15) is 17.2 Å². The van der Waals surface area contributed by atoms with Crippen molar-refractivity contribution in [3.05, 3.63) is 23.3 Å². The van der Waals surface area contributed by atoms with Gasteiger partial charge in [0, 0.05) is 17.0 Å². The van der Waals surface area contributed by atoms with E-state index in [9.17, 15) is 0 Å². The van der Waals surface area contributed by atoms with Crippen molar-refractivity contribution in [1.29, 1.82) is 0 Å². The maximum absolute atomic E-state index is 6.02. The second kappa shape index (κ2) is 6.12. The van der Waals surface area contributed by atoms with Crippen LogP contribution in [0.3, 0.4) is 0 Å². The molecule has 0 aliphatic rings. The third-order valence-corrected chi connectivity index (χ3v) is 3.23. The van der Waals surface area contributed by atoms with Crippen LogP contribution in [0.25, 0.3) is 0 Å². The van der Waals surface area contributed by atoms with E-state index < -0.39 is 0 Å². The van der Waals surface area contributed by atoms with Crippen molar-refractivity contribution in [3.8, 4) is 11.5 Å². The molecule has 0 bridgehead atoms. The summed E-state index contributed by atoms with van der Waals surface area (Å²) in [6, 6.07) is 4.10. The molecule has 0 saturated carbocycles. The number of rotatable bonds is 5. The molecule has 0 aliphatic carbocycles. The van der Waals surface area contributed by atoms with Crippen molar-refractivity contribution in [3.63, 3.8) is 0 Å². The van der Waals surface area contributed by atoms with Gasteiger partial charge in [0.1, 0.15) is 11.5 Å². The van der Waals surface area contributed by atoms with Crippen LogP contribution in [0.5, 0.6) is 11.5 Å². The van der Waals surface area contributed by atoms with Gasteiger partial charge < -0.3 is 14.4 Å². The highest BCUT2D eigenvalue weighted by Gasteiger charge is 2.20. The Morgan fingerprint density at radius 1 is 1.24 bits per heavy atom. The lowest BCUT2D eigenvalue weighted by Crippen LogP contribution is -2.22. The standard InChI is InChI=1S/C13H20ClNO2/c1-9-12(16-4)7-6-10(13(9)17-5)11(8-14)15(2)3/h6-7,11H,8H2,1-5H3. The molecule has 0 N–H and O–H groups in total. The maximum Gasteiger partial charge on any atom is 0.130 e. The Morgan fingerprint density at radius 2 is 1.88 bits per heavy atom. The first-order valence-corrected chi connectivity index (χ1v) is 6.04. The van der Waals surface area contributed by atoms with Crippen LogP contribution >= 0.6 is 11.6 Å². The van der Waals surface area contributed by atoms with E-state index in [1.165, 1.54) is 0 Å². The van der Waals surface area contributed by atoms with E-state index in [0.717, 1.165) is 22.6 Å². The summed E-state index contributed by atoms with van der Waals surface area (Å²) in [6.07, 6.45) is 0. The van der Waals surface area contributed by atoms with Crippen molar-refractivity contribution in [2.45, 2.75) is 13.0 Å². The molecular weight excluding hydrogens is 238 g/mol. The largest absolute Gasteiger partial charge is 0.496 e. The van der Waals surface area contributed by atoms with Gasteiger partial charge in [-0.15, -0.1) is 11.6 Å². The minimum absolute atomic E-state index is 0.135. The van der Waals surface area contributed by atoms with Crippen molar-refractivity contribution >= 4 is 11.6 Å². The topological polar surface area (TPSA) is 21.7 Å². The van der Waals surface area contributed by atoms with Crippen molar-refractivity contribution < 1.29 is 9.47 Å². The van der Waals surface area contributed by atoms with E-state index in [4.69, 9.17) is 21.1 Å². The molecular formula is C13H20ClNO2. The molecule has 1 unspecified atom stereocenters. The fraction of sp³-hybridized carbons (Fsp3) is 0.538. The van der Waals surface area contributed by atoms with Gasteiger partial charge in [-0.25, -0.2) is 0 Å². The van der Waals surface area contributed by atoms with E-state index >= 15 is 0 Å². The summed E-state index contributed by atoms with van der Waals surface area (Å²) in [4.78, 5) is 2.08. The van der Waals surface area contributed by atoms with Gasteiger partial charge in [-0.2, -0.15) is 0 Å². The lowest BCUT2D eigenvalue weighted by Gasteiger charge is -2.25. The average molecular weight is 258 g/mol. The number of alkyl halides is 1. The summed E-state index contributed by atoms with van der Waals surface area (Å²) in [5.74, 6) is 2.20. The van der Waals surface area contributed by atoms with E-state index in [0.29, 0.717) is 5.88 Å². The lowest BCUT2D eigenvalue weighted by atomic mass is 10.0. The highest BCUT2D eigenvalue weighted by Crippen LogP contribution is 2.36. The normalized spacial score (nSPS) is 12.6. The van der Waals surface area contributed by atoms with Gasteiger partial charge in [0.15, 0.2) is 0 Å². The molecule has 0 saturated heterocycles. The Labute approximate surface area is 108 Å². The van der Waals surface area contributed by atoms with Gasteiger partial charge in [0.05, 0.1) is 20.3 Å². The summed E-state index contributed by atoms with van der Waals surface area (Å²) in [5, 5.41) is 0. The average Bonchev–Trinajstić information content (AvgIpc) is 2.30. The van der Waals surface area contributed by atoms with Gasteiger partial charge in [0.25, 0.3) is 0 Å². The Hall–Kier alpha value is -0.930. The van der Waals surface area contributed by atoms with Crippen LogP contribution in [0.2, 0.25) is 0 Å². The van der Waals surface area contributed by atoms with E-state index in [1.54, 1.807) is 14.2 Å². The first-order valence-electron chi connectivity index (χ1n) is 5.50. The molecule has 1 aromatic carbocycles. The molecule has 3 nitrogen and oxygen atoms in total. The van der Waals surface area contributed by atoms with Gasteiger partial charge in [-0.3, -0.25) is 0 Å². The number of hydrogen-bond acceptors (Lipinski definition) is 3. The van der Waals surface area contributed by atoms with E-state index in [-0.39, 0.29) is 6.04 Å². The number of ether oxygens (including phenoxy) is 2. The molecule has 0 heterocycles. The molecule has 1 rings (SSSR count). The third-order valence-electron chi connectivity index (χ3n) is 2.94. The molecule has 4 heteroatoms. The molecule has 0 fully saturated rings. The number of benzene rings is 1. The molecule has 0 radical (unpaired) electrons. The lowest BCUT2D eigenvalue weighted by molar-refractivity contribution is 0.309. The van der Waals surface area contributed by atoms with Crippen molar-refractivity contribution in [2.75, 3.05) is 34.2 Å². The molecule has 1 aromatic rings. The minimum atomic E-state index is 0.135. The second-order valence-electron chi connectivity index (χ2n) is 4.15. The number of nitrogens with zero attached hydrogens (tertiary/aromatic N) is 1. The van der Waals surface area contributed by atoms with Crippen LogP contribution in [0, 0.1) is 6.92 Å². The van der Waals surface area contributed by atoms with Crippen LogP contribution in [-0.4, -0.2) is 39.1 Å². The Balaban J connectivity index is 3.29. The number of hydrogen-bond donors (Lipinski definition) is 0. The highest BCUT2D eigenvalue weighted by molar-refractivity contribution is 6.18. The molecule has 0 spiro atoms. The van der Waals surface area contributed by atoms with Crippen molar-refractivity contribution in [2.24, 2.45) is 0 Å². The van der Waals surface area contributed by atoms with E-state index in [1.807, 2.05) is 33.2 Å². The monoisotopic (exact) mass is 257 g/mol. The van der Waals surface area contributed by atoms with Gasteiger partial charge in [-0.05, 0) is 33.2 Å². The Bertz CT molecular complexity index is 380. The van der Waals surface area contributed by atoms with Crippen LogP contribution in [-0.2, 0) is 0 Å².